The van der Waals surface area contributed by atoms with Crippen LogP contribution in [0.1, 0.15) is 42.9 Å². The Balaban J connectivity index is 1.35. The number of nitrogens with two attached hydrogens (primary N) is 1. The van der Waals surface area contributed by atoms with Crippen molar-refractivity contribution in [3.63, 3.8) is 0 Å². The highest BCUT2D eigenvalue weighted by Crippen LogP contribution is 2.28. The molecule has 1 aliphatic rings. The van der Waals surface area contributed by atoms with Gasteiger partial charge in [0.15, 0.2) is 28.3 Å². The molecule has 4 aromatic rings. The minimum atomic E-state index is -1.92. The first-order valence-electron chi connectivity index (χ1n) is 19.4. The molecule has 0 unspecified atom stereocenters. The summed E-state index contributed by atoms with van der Waals surface area (Å²) in [4.78, 5) is 42.7. The van der Waals surface area contributed by atoms with Crippen molar-refractivity contribution in [2.45, 2.75) is 101 Å². The third-order valence-electron chi connectivity index (χ3n) is 11.0. The largest absolute Gasteiger partial charge is 0.394 e. The van der Waals surface area contributed by atoms with E-state index in [2.05, 4.69) is 15.0 Å². The number of aromatic nitrogens is 5. The van der Waals surface area contributed by atoms with Gasteiger partial charge >= 0.3 is 0 Å². The maximum atomic E-state index is 14.0. The van der Waals surface area contributed by atoms with Crippen LogP contribution in [0.25, 0.3) is 22.2 Å². The Bertz CT molecular complexity index is 2020. The Hall–Kier alpha value is -4.10. The van der Waals surface area contributed by atoms with Crippen molar-refractivity contribution in [2.24, 2.45) is 0 Å². The first-order valence-corrected chi connectivity index (χ1v) is 19.7. The molecule has 0 spiro atoms. The van der Waals surface area contributed by atoms with Crippen LogP contribution in [0.2, 0.25) is 5.02 Å². The first-order chi connectivity index (χ1) is 28.1. The van der Waals surface area contributed by atoms with E-state index in [1.807, 2.05) is 29.0 Å². The summed E-state index contributed by atoms with van der Waals surface area (Å²) in [5.41, 5.74) is 8.92. The zero-order chi connectivity index (χ0) is 43.3. The molecule has 8 atom stereocenters. The number of hydrogen-bond donors (Lipinski definition) is 12. The number of benzene rings is 1. The van der Waals surface area contributed by atoms with Crippen molar-refractivity contribution < 1.29 is 65.2 Å². The average Bonchev–Trinajstić information content (AvgIpc) is 3.76. The number of imidazole rings is 1. The number of hydrogen-bond acceptors (Lipinski definition) is 16. The zero-order valence-corrected chi connectivity index (χ0v) is 33.5. The summed E-state index contributed by atoms with van der Waals surface area (Å²) in [6.45, 7) is 2.83. The van der Waals surface area contributed by atoms with Crippen LogP contribution in [0.4, 0.5) is 11.6 Å². The standard InChI is InChI=1S/C37H55ClN9O12/c1-3-46-22-6-5-19(11-23(22)47(4-2)28(46)15-45(18-50)36-34(39)42-35-29(41-36)21(38)12-40-35)37(59)43-9-7-20(8-10-43)44(13-24(51)30(55)32(57)26(53)16-48)14-25(52)31(56)33(58)27(54)17-49/h5-6,11-12,18,20,24-27,30-33,48-49,51-58H,3-4,7-10,13-17H2,1-2H3,(H3,39,40,42)/q+1/t24-,25-,26+,27+,30+,31+,32+,33+/m0/s1. The van der Waals surface area contributed by atoms with E-state index in [9.17, 15) is 60.7 Å². The van der Waals surface area contributed by atoms with Crippen LogP contribution in [0, 0.1) is 0 Å². The molecule has 21 nitrogen and oxygen atoms in total. The fourth-order valence-electron chi connectivity index (χ4n) is 7.65. The fourth-order valence-corrected chi connectivity index (χ4v) is 7.83. The molecule has 59 heavy (non-hydrogen) atoms. The average molecular weight is 853 g/mol. The second kappa shape index (κ2) is 20.0. The van der Waals surface area contributed by atoms with Gasteiger partial charge in [0.1, 0.15) is 48.7 Å². The van der Waals surface area contributed by atoms with Crippen molar-refractivity contribution in [1.29, 1.82) is 0 Å². The molecular formula is C37H55ClN9O12+. The number of rotatable bonds is 20. The van der Waals surface area contributed by atoms with Gasteiger partial charge in [-0.05, 0) is 38.8 Å². The molecule has 1 fully saturated rings. The summed E-state index contributed by atoms with van der Waals surface area (Å²) in [5, 5.41) is 101. The highest BCUT2D eigenvalue weighted by molar-refractivity contribution is 6.35. The number of carbonyl (C=O) groups excluding carboxylic acids is 2. The van der Waals surface area contributed by atoms with Gasteiger partial charge in [0.25, 0.3) is 11.7 Å². The summed E-state index contributed by atoms with van der Waals surface area (Å²) >= 11 is 6.27. The van der Waals surface area contributed by atoms with E-state index < -0.39 is 81.2 Å². The molecule has 0 bridgehead atoms. The Morgan fingerprint density at radius 2 is 1.53 bits per heavy atom. The van der Waals surface area contributed by atoms with Crippen molar-refractivity contribution in [2.75, 3.05) is 50.0 Å². The highest BCUT2D eigenvalue weighted by atomic mass is 35.5. The number of aliphatic hydroxyl groups is 10. The van der Waals surface area contributed by atoms with E-state index in [0.29, 0.717) is 54.1 Å². The number of carbonyl (C=O) groups is 2. The van der Waals surface area contributed by atoms with Gasteiger partial charge in [0, 0.05) is 50.0 Å². The molecule has 4 heterocycles. The van der Waals surface area contributed by atoms with E-state index in [-0.39, 0.29) is 37.2 Å². The van der Waals surface area contributed by atoms with Gasteiger partial charge in [0.05, 0.1) is 43.5 Å². The lowest BCUT2D eigenvalue weighted by molar-refractivity contribution is -0.676. The topological polar surface area (TPSA) is 323 Å². The number of anilines is 2. The van der Waals surface area contributed by atoms with Crippen molar-refractivity contribution in [1.82, 2.24) is 29.3 Å². The van der Waals surface area contributed by atoms with E-state index in [1.54, 1.807) is 17.0 Å². The number of H-pyrrole nitrogens is 1. The van der Waals surface area contributed by atoms with Gasteiger partial charge in [-0.25, -0.2) is 19.1 Å². The molecule has 3 aromatic heterocycles. The molecule has 5 rings (SSSR count). The summed E-state index contributed by atoms with van der Waals surface area (Å²) in [7, 11) is 0. The van der Waals surface area contributed by atoms with Crippen LogP contribution < -0.4 is 15.2 Å². The highest BCUT2D eigenvalue weighted by Gasteiger charge is 2.38. The lowest BCUT2D eigenvalue weighted by Crippen LogP contribution is -2.56. The monoisotopic (exact) mass is 852 g/mol. The van der Waals surface area contributed by atoms with Crippen molar-refractivity contribution in [3.8, 4) is 0 Å². The quantitative estimate of drug-likeness (QED) is 0.0302. The number of aliphatic hydroxyl groups excluding tert-OH is 10. The maximum absolute atomic E-state index is 14.0. The van der Waals surface area contributed by atoms with E-state index >= 15 is 0 Å². The molecule has 326 valence electrons. The van der Waals surface area contributed by atoms with Crippen molar-refractivity contribution in [3.05, 3.63) is 40.8 Å². The number of likely N-dealkylation sites (tertiary alicyclic amines) is 1. The zero-order valence-electron chi connectivity index (χ0n) is 32.7. The molecular weight excluding hydrogens is 798 g/mol. The molecule has 0 saturated carbocycles. The first kappa shape index (κ1) is 46.0. The van der Waals surface area contributed by atoms with Crippen LogP contribution in [0.3, 0.4) is 0 Å². The number of fused-ring (bicyclic) bond motifs is 2. The second-order valence-corrected chi connectivity index (χ2v) is 15.1. The molecule has 1 saturated heterocycles. The van der Waals surface area contributed by atoms with Crippen molar-refractivity contribution >= 4 is 57.8 Å². The van der Waals surface area contributed by atoms with E-state index in [0.717, 1.165) is 16.9 Å². The third kappa shape index (κ3) is 9.77. The number of aromatic amines is 1. The number of halogens is 1. The predicted molar refractivity (Wildman–Crippen MR) is 212 cm³/mol. The van der Waals surface area contributed by atoms with Gasteiger partial charge in [0.2, 0.25) is 6.41 Å². The SMILES string of the molecule is CCn1c(CN(C=O)c2nc3c(Cl)c[nH]c3nc2N)[n+](CC)c2ccc(C(=O)N3CCC(N(C[C@H](O)[C@@H](O)[C@H](O)[C@H](O)CO)C[C@H](O)[C@@H](O)[C@H](O)[C@H](O)CO)CC3)cc21. The van der Waals surface area contributed by atoms with Crippen LogP contribution >= 0.6 is 11.6 Å². The second-order valence-electron chi connectivity index (χ2n) is 14.7. The lowest BCUT2D eigenvalue weighted by atomic mass is 9.97. The smallest absolute Gasteiger partial charge is 0.277 e. The Kier molecular flexibility index (Phi) is 15.6. The minimum absolute atomic E-state index is 0.0287. The maximum Gasteiger partial charge on any atom is 0.277 e. The third-order valence-corrected chi connectivity index (χ3v) is 11.3. The number of nitrogen functional groups attached to an aromatic ring is 1. The van der Waals surface area contributed by atoms with E-state index in [1.165, 1.54) is 16.0 Å². The number of aryl methyl sites for hydroxylation is 2. The Morgan fingerprint density at radius 3 is 2.05 bits per heavy atom. The summed E-state index contributed by atoms with van der Waals surface area (Å²) < 4.78 is 4.02. The van der Waals surface area contributed by atoms with Gasteiger partial charge in [-0.1, -0.05) is 11.6 Å². The predicted octanol–water partition coefficient (Wildman–Crippen LogP) is -3.58. The number of nitrogens with zero attached hydrogens (tertiary/aromatic N) is 7. The number of piperidine rings is 1. The molecule has 13 N–H and O–H groups in total. The van der Waals surface area contributed by atoms with Gasteiger partial charge in [-0.2, -0.15) is 0 Å². The number of nitrogens with one attached hydrogen (secondary N) is 1. The van der Waals surface area contributed by atoms with E-state index in [4.69, 9.17) is 17.3 Å². The molecule has 0 aliphatic carbocycles. The Morgan fingerprint density at radius 1 is 0.949 bits per heavy atom. The van der Waals surface area contributed by atoms with Gasteiger partial charge in [-0.15, -0.1) is 0 Å². The molecule has 1 aliphatic heterocycles. The molecule has 22 heteroatoms. The van der Waals surface area contributed by atoms with Crippen LogP contribution in [0.5, 0.6) is 0 Å². The fraction of sp³-hybridized carbons (Fsp3) is 0.595. The van der Waals surface area contributed by atoms with Crippen LogP contribution in [-0.2, 0) is 24.4 Å². The summed E-state index contributed by atoms with van der Waals surface area (Å²) in [6, 6.07) is 4.87. The normalized spacial score (nSPS) is 18.2. The number of amides is 2. The summed E-state index contributed by atoms with van der Waals surface area (Å²) in [6.07, 6.45) is -11.9. The molecule has 0 radical (unpaired) electrons. The molecule has 1 aromatic carbocycles. The Labute approximate surface area is 343 Å². The van der Waals surface area contributed by atoms with Crippen LogP contribution in [-0.4, -0.2) is 187 Å². The van der Waals surface area contributed by atoms with Crippen LogP contribution in [0.15, 0.2) is 24.4 Å². The summed E-state index contributed by atoms with van der Waals surface area (Å²) in [5.74, 6) is 0.629. The lowest BCUT2D eigenvalue weighted by Gasteiger charge is -2.41. The van der Waals surface area contributed by atoms with Gasteiger partial charge in [-0.3, -0.25) is 19.4 Å². The minimum Gasteiger partial charge on any atom is -0.394 e. The molecule has 2 amide bonds. The van der Waals surface area contributed by atoms with Gasteiger partial charge < -0.3 is 66.7 Å².